The van der Waals surface area contributed by atoms with Gasteiger partial charge in [0, 0.05) is 42.5 Å². The SMILES string of the molecule is CN1CCC2(c3ccccc3)CCN(C(=O)c3ccncc3)CC12.O=C(O)C(F)(F)F.O=C(O)C(F)(F)F. The monoisotopic (exact) mass is 549 g/mol. The van der Waals surface area contributed by atoms with Gasteiger partial charge in [0.05, 0.1) is 0 Å². The van der Waals surface area contributed by atoms with Crippen LogP contribution in [0, 0.1) is 0 Å². The van der Waals surface area contributed by atoms with Crippen molar-refractivity contribution < 1.29 is 50.9 Å². The molecule has 0 bridgehead atoms. The largest absolute Gasteiger partial charge is 0.490 e. The summed E-state index contributed by atoms with van der Waals surface area (Å²) in [6, 6.07) is 14.9. The Hall–Kier alpha value is -3.68. The third kappa shape index (κ3) is 7.66. The van der Waals surface area contributed by atoms with Crippen LogP contribution in [0.4, 0.5) is 26.3 Å². The minimum absolute atomic E-state index is 0.124. The first-order valence-corrected chi connectivity index (χ1v) is 11.1. The van der Waals surface area contributed by atoms with E-state index >= 15 is 0 Å². The number of hydrogen-bond acceptors (Lipinski definition) is 5. The molecule has 14 heteroatoms. The minimum Gasteiger partial charge on any atom is -0.475 e. The number of carbonyl (C=O) groups excluding carboxylic acids is 1. The van der Waals surface area contributed by atoms with Gasteiger partial charge in [-0.2, -0.15) is 26.3 Å². The van der Waals surface area contributed by atoms with Crippen molar-refractivity contribution in [3.05, 3.63) is 66.0 Å². The number of nitrogens with zero attached hydrogens (tertiary/aromatic N) is 3. The lowest BCUT2D eigenvalue weighted by molar-refractivity contribution is -0.193. The van der Waals surface area contributed by atoms with Crippen molar-refractivity contribution in [2.24, 2.45) is 0 Å². The van der Waals surface area contributed by atoms with E-state index in [-0.39, 0.29) is 11.3 Å². The molecule has 1 amide bonds. The third-order valence-corrected chi connectivity index (χ3v) is 6.35. The number of benzene rings is 1. The van der Waals surface area contributed by atoms with Gasteiger partial charge in [0.25, 0.3) is 5.91 Å². The molecule has 2 atom stereocenters. The van der Waals surface area contributed by atoms with Gasteiger partial charge in [-0.15, -0.1) is 0 Å². The number of aliphatic carboxylic acids is 2. The molecule has 2 aliphatic rings. The Kier molecular flexibility index (Phi) is 9.84. The van der Waals surface area contributed by atoms with Crippen LogP contribution in [-0.2, 0) is 15.0 Å². The maximum absolute atomic E-state index is 12.8. The van der Waals surface area contributed by atoms with Gasteiger partial charge in [0.2, 0.25) is 0 Å². The second kappa shape index (κ2) is 12.2. The molecule has 2 saturated heterocycles. The van der Waals surface area contributed by atoms with Crippen LogP contribution in [0.3, 0.4) is 0 Å². The lowest BCUT2D eigenvalue weighted by atomic mass is 9.69. The molecule has 3 heterocycles. The van der Waals surface area contributed by atoms with Gasteiger partial charge in [-0.25, -0.2) is 9.59 Å². The fraction of sp³-hybridized carbons (Fsp3) is 0.417. The smallest absolute Gasteiger partial charge is 0.475 e. The molecule has 1 aromatic carbocycles. The summed E-state index contributed by atoms with van der Waals surface area (Å²) in [5.41, 5.74) is 2.35. The van der Waals surface area contributed by atoms with Crippen molar-refractivity contribution in [2.75, 3.05) is 26.7 Å². The van der Waals surface area contributed by atoms with Crippen LogP contribution >= 0.6 is 0 Å². The van der Waals surface area contributed by atoms with Gasteiger partial charge >= 0.3 is 24.3 Å². The van der Waals surface area contributed by atoms with E-state index in [1.807, 2.05) is 4.90 Å². The average molecular weight is 549 g/mol. The second-order valence-corrected chi connectivity index (χ2v) is 8.61. The van der Waals surface area contributed by atoms with Gasteiger partial charge in [0.15, 0.2) is 0 Å². The summed E-state index contributed by atoms with van der Waals surface area (Å²) >= 11 is 0. The first-order valence-electron chi connectivity index (χ1n) is 11.1. The van der Waals surface area contributed by atoms with Crippen LogP contribution < -0.4 is 0 Å². The van der Waals surface area contributed by atoms with Crippen molar-refractivity contribution in [2.45, 2.75) is 36.7 Å². The number of aromatic nitrogens is 1. The summed E-state index contributed by atoms with van der Waals surface area (Å²) in [6.45, 7) is 2.71. The number of amides is 1. The molecule has 0 radical (unpaired) electrons. The Balaban J connectivity index is 0.000000301. The number of likely N-dealkylation sites (N-methyl/N-ethyl adjacent to an activating group) is 1. The highest BCUT2D eigenvalue weighted by atomic mass is 19.4. The first kappa shape index (κ1) is 30.5. The fourth-order valence-electron chi connectivity index (χ4n) is 4.47. The van der Waals surface area contributed by atoms with E-state index in [0.29, 0.717) is 6.04 Å². The fourth-order valence-corrected chi connectivity index (χ4v) is 4.47. The van der Waals surface area contributed by atoms with E-state index in [0.717, 1.165) is 31.6 Å². The summed E-state index contributed by atoms with van der Waals surface area (Å²) in [4.78, 5) is 39.1. The summed E-state index contributed by atoms with van der Waals surface area (Å²) in [5, 5.41) is 14.2. The van der Waals surface area contributed by atoms with Gasteiger partial charge in [-0.05, 0) is 44.1 Å². The predicted molar refractivity (Wildman–Crippen MR) is 121 cm³/mol. The Morgan fingerprint density at radius 2 is 1.34 bits per heavy atom. The summed E-state index contributed by atoms with van der Waals surface area (Å²) in [5.74, 6) is -5.39. The average Bonchev–Trinajstić information content (AvgIpc) is 3.21. The summed E-state index contributed by atoms with van der Waals surface area (Å²) in [6.07, 6.45) is -4.58. The lowest BCUT2D eigenvalue weighted by Crippen LogP contribution is -2.56. The van der Waals surface area contributed by atoms with Crippen LogP contribution in [0.1, 0.15) is 28.8 Å². The van der Waals surface area contributed by atoms with Crippen molar-refractivity contribution in [1.82, 2.24) is 14.8 Å². The van der Waals surface area contributed by atoms with E-state index in [9.17, 15) is 31.1 Å². The van der Waals surface area contributed by atoms with Gasteiger partial charge in [-0.3, -0.25) is 9.78 Å². The van der Waals surface area contributed by atoms with Crippen LogP contribution in [0.5, 0.6) is 0 Å². The maximum Gasteiger partial charge on any atom is 0.490 e. The number of fused-ring (bicyclic) bond motifs is 1. The number of carboxylic acids is 2. The van der Waals surface area contributed by atoms with E-state index in [1.165, 1.54) is 12.0 Å². The van der Waals surface area contributed by atoms with Gasteiger partial charge in [-0.1, -0.05) is 30.3 Å². The molecule has 0 saturated carbocycles. The van der Waals surface area contributed by atoms with Crippen molar-refractivity contribution >= 4 is 17.8 Å². The quantitative estimate of drug-likeness (QED) is 0.548. The molecule has 208 valence electrons. The van der Waals surface area contributed by atoms with Crippen molar-refractivity contribution in [3.8, 4) is 0 Å². The Labute approximate surface area is 213 Å². The standard InChI is InChI=1S/C20H23N3O.2C2HF3O2/c1-22-13-9-20(17-5-3-2-4-6-17)10-14-23(15-18(20)22)19(24)16-7-11-21-12-8-16;2*3-2(4,5)1(6)7/h2-8,11-12,18H,9-10,13-15H2,1H3;2*(H,6,7). The number of hydrogen-bond donors (Lipinski definition) is 2. The maximum atomic E-state index is 12.8. The predicted octanol–water partition coefficient (Wildman–Crippen LogP) is 3.84. The zero-order valence-electron chi connectivity index (χ0n) is 20.0. The molecule has 2 aliphatic heterocycles. The van der Waals surface area contributed by atoms with E-state index < -0.39 is 24.3 Å². The molecular formula is C24H25F6N3O5. The number of halogens is 6. The number of likely N-dealkylation sites (tertiary alicyclic amines) is 2. The molecule has 0 aliphatic carbocycles. The highest BCUT2D eigenvalue weighted by molar-refractivity contribution is 5.94. The molecule has 38 heavy (non-hydrogen) atoms. The molecular weight excluding hydrogens is 524 g/mol. The second-order valence-electron chi connectivity index (χ2n) is 8.61. The minimum atomic E-state index is -5.08. The molecule has 2 N–H and O–H groups in total. The van der Waals surface area contributed by atoms with Crippen LogP contribution in [-0.4, -0.2) is 87.9 Å². The summed E-state index contributed by atoms with van der Waals surface area (Å²) in [7, 11) is 2.19. The van der Waals surface area contributed by atoms with E-state index in [2.05, 4.69) is 47.3 Å². The number of pyridine rings is 1. The van der Waals surface area contributed by atoms with Gasteiger partial charge in [0.1, 0.15) is 0 Å². The highest BCUT2D eigenvalue weighted by Crippen LogP contribution is 2.45. The zero-order valence-corrected chi connectivity index (χ0v) is 20.0. The Bertz CT molecular complexity index is 1070. The van der Waals surface area contributed by atoms with Crippen LogP contribution in [0.2, 0.25) is 0 Å². The molecule has 2 aromatic rings. The number of rotatable bonds is 2. The van der Waals surface area contributed by atoms with Crippen LogP contribution in [0.15, 0.2) is 54.9 Å². The highest BCUT2D eigenvalue weighted by Gasteiger charge is 2.50. The van der Waals surface area contributed by atoms with Gasteiger partial charge < -0.3 is 20.0 Å². The normalized spacial score (nSPS) is 21.2. The number of carboxylic acid groups (broad SMARTS) is 2. The Morgan fingerprint density at radius 3 is 1.82 bits per heavy atom. The zero-order chi connectivity index (χ0) is 28.7. The molecule has 2 unspecified atom stereocenters. The molecule has 1 aromatic heterocycles. The van der Waals surface area contributed by atoms with Crippen LogP contribution in [0.25, 0.3) is 0 Å². The number of alkyl halides is 6. The van der Waals surface area contributed by atoms with E-state index in [1.54, 1.807) is 24.5 Å². The molecule has 4 rings (SSSR count). The molecule has 0 spiro atoms. The summed E-state index contributed by atoms with van der Waals surface area (Å²) < 4.78 is 63.5. The van der Waals surface area contributed by atoms with E-state index in [4.69, 9.17) is 19.8 Å². The van der Waals surface area contributed by atoms with Crippen molar-refractivity contribution in [3.63, 3.8) is 0 Å². The number of piperidine rings is 1. The molecule has 2 fully saturated rings. The third-order valence-electron chi connectivity index (χ3n) is 6.35. The first-order chi connectivity index (χ1) is 17.6. The number of carbonyl (C=O) groups is 3. The Morgan fingerprint density at radius 1 is 0.868 bits per heavy atom. The van der Waals surface area contributed by atoms with Crippen molar-refractivity contribution in [1.29, 1.82) is 0 Å². The lowest BCUT2D eigenvalue weighted by Gasteiger charge is -2.46. The topological polar surface area (TPSA) is 111 Å². The molecule has 8 nitrogen and oxygen atoms in total.